The molecule has 0 saturated heterocycles. The molecule has 124 valence electrons. The van der Waals surface area contributed by atoms with Gasteiger partial charge in [-0.05, 0) is 43.0 Å². The van der Waals surface area contributed by atoms with Crippen molar-refractivity contribution in [3.05, 3.63) is 77.4 Å². The third-order valence-electron chi connectivity index (χ3n) is 3.51. The molecule has 0 spiro atoms. The Labute approximate surface area is 142 Å². The first-order valence-corrected chi connectivity index (χ1v) is 7.81. The number of nitrogens with zero attached hydrogens (tertiary/aromatic N) is 1. The van der Waals surface area contributed by atoms with E-state index in [0.717, 1.165) is 16.7 Å². The lowest BCUT2D eigenvalue weighted by atomic mass is 10.1. The van der Waals surface area contributed by atoms with E-state index in [9.17, 15) is 4.79 Å². The lowest BCUT2D eigenvalue weighted by Crippen LogP contribution is -2.24. The Balaban J connectivity index is 1.87. The van der Waals surface area contributed by atoms with E-state index in [1.807, 2.05) is 50.2 Å². The molecule has 0 aliphatic carbocycles. The second-order valence-electron chi connectivity index (χ2n) is 5.54. The van der Waals surface area contributed by atoms with E-state index in [4.69, 9.17) is 4.74 Å². The summed E-state index contributed by atoms with van der Waals surface area (Å²) in [6.45, 7) is 7.68. The predicted molar refractivity (Wildman–Crippen MR) is 97.5 cm³/mol. The van der Waals surface area contributed by atoms with Crippen LogP contribution in [-0.2, 0) is 11.2 Å². The Bertz CT molecular complexity index is 751. The van der Waals surface area contributed by atoms with Crippen molar-refractivity contribution in [3.8, 4) is 5.75 Å². The fourth-order valence-corrected chi connectivity index (χ4v) is 2.29. The van der Waals surface area contributed by atoms with Gasteiger partial charge in [0.25, 0.3) is 5.91 Å². The number of hydrogen-bond acceptors (Lipinski definition) is 3. The van der Waals surface area contributed by atoms with Crippen LogP contribution < -0.4 is 10.2 Å². The molecule has 0 unspecified atom stereocenters. The first kappa shape index (κ1) is 17.5. The minimum absolute atomic E-state index is 0.0849. The summed E-state index contributed by atoms with van der Waals surface area (Å²) in [5.74, 6) is 0.385. The average molecular weight is 322 g/mol. The molecule has 2 rings (SSSR count). The zero-order valence-corrected chi connectivity index (χ0v) is 14.1. The van der Waals surface area contributed by atoms with Crippen molar-refractivity contribution in [1.29, 1.82) is 0 Å². The summed E-state index contributed by atoms with van der Waals surface area (Å²) >= 11 is 0. The van der Waals surface area contributed by atoms with E-state index < -0.39 is 0 Å². The molecule has 0 heterocycles. The quantitative estimate of drug-likeness (QED) is 0.481. The first-order valence-electron chi connectivity index (χ1n) is 7.81. The predicted octanol–water partition coefficient (Wildman–Crippen LogP) is 3.56. The highest BCUT2D eigenvalue weighted by Crippen LogP contribution is 2.18. The van der Waals surface area contributed by atoms with Gasteiger partial charge in [0.05, 0.1) is 6.21 Å². The number of carbonyl (C=O) groups is 1. The molecule has 0 bridgehead atoms. The SMILES string of the molecule is C=CCc1ccccc1OCC(=O)N/N=C\c1ccc(C)cc1C. The second-order valence-corrected chi connectivity index (χ2v) is 5.54. The summed E-state index contributed by atoms with van der Waals surface area (Å²) in [6.07, 6.45) is 4.14. The highest BCUT2D eigenvalue weighted by Gasteiger charge is 2.05. The lowest BCUT2D eigenvalue weighted by molar-refractivity contribution is -0.123. The van der Waals surface area contributed by atoms with Crippen LogP contribution in [0.4, 0.5) is 0 Å². The maximum absolute atomic E-state index is 11.8. The smallest absolute Gasteiger partial charge is 0.277 e. The highest BCUT2D eigenvalue weighted by atomic mass is 16.5. The molecule has 2 aromatic carbocycles. The molecule has 2 aromatic rings. The van der Waals surface area contributed by atoms with Gasteiger partial charge in [0.1, 0.15) is 5.75 Å². The van der Waals surface area contributed by atoms with Crippen LogP contribution in [0.2, 0.25) is 0 Å². The highest BCUT2D eigenvalue weighted by molar-refractivity contribution is 5.84. The molecule has 0 saturated carbocycles. The van der Waals surface area contributed by atoms with Gasteiger partial charge in [-0.2, -0.15) is 5.10 Å². The van der Waals surface area contributed by atoms with Crippen molar-refractivity contribution in [2.45, 2.75) is 20.3 Å². The fourth-order valence-electron chi connectivity index (χ4n) is 2.29. The summed E-state index contributed by atoms with van der Waals surface area (Å²) in [5.41, 5.74) is 6.76. The van der Waals surface area contributed by atoms with E-state index >= 15 is 0 Å². The van der Waals surface area contributed by atoms with Gasteiger partial charge in [0.15, 0.2) is 6.61 Å². The number of allylic oxidation sites excluding steroid dienone is 1. The van der Waals surface area contributed by atoms with E-state index in [0.29, 0.717) is 12.2 Å². The molecule has 1 amide bonds. The molecule has 0 aromatic heterocycles. The standard InChI is InChI=1S/C20H22N2O2/c1-4-7-17-8-5-6-9-19(17)24-14-20(23)22-21-13-18-11-10-15(2)12-16(18)3/h4-6,8-13H,1,7,14H2,2-3H3,(H,22,23)/b21-13-. The molecular formula is C20H22N2O2. The molecule has 4 heteroatoms. The number of hydrazone groups is 1. The van der Waals surface area contributed by atoms with Gasteiger partial charge in [0.2, 0.25) is 0 Å². The number of hydrogen-bond donors (Lipinski definition) is 1. The monoisotopic (exact) mass is 322 g/mol. The van der Waals surface area contributed by atoms with Crippen molar-refractivity contribution in [2.24, 2.45) is 5.10 Å². The zero-order valence-electron chi connectivity index (χ0n) is 14.1. The number of ether oxygens (including phenoxy) is 1. The van der Waals surface area contributed by atoms with Crippen LogP contribution in [0.5, 0.6) is 5.75 Å². The Kier molecular flexibility index (Phi) is 6.32. The average Bonchev–Trinajstić information content (AvgIpc) is 2.56. The van der Waals surface area contributed by atoms with Gasteiger partial charge in [0, 0.05) is 0 Å². The molecule has 0 aliphatic heterocycles. The van der Waals surface area contributed by atoms with E-state index in [2.05, 4.69) is 23.2 Å². The Morgan fingerprint density at radius 1 is 1.25 bits per heavy atom. The van der Waals surface area contributed by atoms with Crippen LogP contribution >= 0.6 is 0 Å². The molecule has 4 nitrogen and oxygen atoms in total. The number of amides is 1. The maximum Gasteiger partial charge on any atom is 0.277 e. The first-order chi connectivity index (χ1) is 11.6. The molecule has 0 radical (unpaired) electrons. The van der Waals surface area contributed by atoms with Crippen molar-refractivity contribution in [1.82, 2.24) is 5.43 Å². The summed E-state index contributed by atoms with van der Waals surface area (Å²) < 4.78 is 5.56. The minimum Gasteiger partial charge on any atom is -0.483 e. The Morgan fingerprint density at radius 3 is 2.79 bits per heavy atom. The molecule has 0 aliphatic rings. The van der Waals surface area contributed by atoms with Crippen molar-refractivity contribution in [2.75, 3.05) is 6.61 Å². The van der Waals surface area contributed by atoms with Crippen LogP contribution in [-0.4, -0.2) is 18.7 Å². The van der Waals surface area contributed by atoms with Gasteiger partial charge in [-0.1, -0.05) is 48.0 Å². The largest absolute Gasteiger partial charge is 0.483 e. The normalized spacial score (nSPS) is 10.6. The van der Waals surface area contributed by atoms with Crippen molar-refractivity contribution < 1.29 is 9.53 Å². The molecule has 0 fully saturated rings. The third-order valence-corrected chi connectivity index (χ3v) is 3.51. The minimum atomic E-state index is -0.301. The summed E-state index contributed by atoms with van der Waals surface area (Å²) in [6, 6.07) is 13.7. The van der Waals surface area contributed by atoms with Crippen molar-refractivity contribution in [3.63, 3.8) is 0 Å². The fraction of sp³-hybridized carbons (Fsp3) is 0.200. The van der Waals surface area contributed by atoms with E-state index in [1.165, 1.54) is 5.56 Å². The van der Waals surface area contributed by atoms with Gasteiger partial charge in [-0.25, -0.2) is 5.43 Å². The summed E-state index contributed by atoms with van der Waals surface area (Å²) in [7, 11) is 0. The van der Waals surface area contributed by atoms with Crippen LogP contribution in [0.3, 0.4) is 0 Å². The van der Waals surface area contributed by atoms with Gasteiger partial charge >= 0.3 is 0 Å². The molecular weight excluding hydrogens is 300 g/mol. The summed E-state index contributed by atoms with van der Waals surface area (Å²) in [4.78, 5) is 11.8. The number of rotatable bonds is 7. The van der Waals surface area contributed by atoms with Crippen LogP contribution in [0.25, 0.3) is 0 Å². The molecule has 0 atom stereocenters. The lowest BCUT2D eigenvalue weighted by Gasteiger charge is -2.09. The number of para-hydroxylation sites is 1. The zero-order chi connectivity index (χ0) is 17.4. The Morgan fingerprint density at radius 2 is 2.04 bits per heavy atom. The summed E-state index contributed by atoms with van der Waals surface area (Å²) in [5, 5.41) is 3.98. The van der Waals surface area contributed by atoms with Crippen LogP contribution in [0.1, 0.15) is 22.3 Å². The van der Waals surface area contributed by atoms with E-state index in [-0.39, 0.29) is 12.5 Å². The number of benzene rings is 2. The second kappa shape index (κ2) is 8.67. The molecule has 24 heavy (non-hydrogen) atoms. The third kappa shape index (κ3) is 5.09. The van der Waals surface area contributed by atoms with Gasteiger partial charge < -0.3 is 4.74 Å². The number of aryl methyl sites for hydroxylation is 2. The van der Waals surface area contributed by atoms with Gasteiger partial charge in [-0.3, -0.25) is 4.79 Å². The number of nitrogens with one attached hydrogen (secondary N) is 1. The van der Waals surface area contributed by atoms with E-state index in [1.54, 1.807) is 12.3 Å². The maximum atomic E-state index is 11.8. The number of carbonyl (C=O) groups excluding carboxylic acids is 1. The Hall–Kier alpha value is -2.88. The van der Waals surface area contributed by atoms with Crippen LogP contribution in [0.15, 0.2) is 60.2 Å². The molecule has 1 N–H and O–H groups in total. The van der Waals surface area contributed by atoms with Crippen molar-refractivity contribution >= 4 is 12.1 Å². The topological polar surface area (TPSA) is 50.7 Å². The van der Waals surface area contributed by atoms with Crippen LogP contribution in [0, 0.1) is 13.8 Å². The van der Waals surface area contributed by atoms with Gasteiger partial charge in [-0.15, -0.1) is 6.58 Å².